The SMILES string of the molecule is CCCCCCCCCCCCCCCCCC(O)C(=O)[O-]. The second kappa shape index (κ2) is 16.8. The first kappa shape index (κ1) is 21.4. The van der Waals surface area contributed by atoms with Crippen molar-refractivity contribution in [2.45, 2.75) is 116 Å². The van der Waals surface area contributed by atoms with E-state index in [1.54, 1.807) is 0 Å². The molecule has 22 heavy (non-hydrogen) atoms. The molecular weight excluding hydrogens is 276 g/mol. The van der Waals surface area contributed by atoms with Gasteiger partial charge < -0.3 is 15.0 Å². The van der Waals surface area contributed by atoms with Gasteiger partial charge >= 0.3 is 0 Å². The standard InChI is InChI=1S/C19H38O3/c1-2-3-4-5-6-7-8-9-10-11-12-13-14-15-16-17-18(20)19(21)22/h18,20H,2-17H2,1H3,(H,21,22)/p-1. The maximum absolute atomic E-state index is 10.3. The van der Waals surface area contributed by atoms with E-state index in [-0.39, 0.29) is 0 Å². The molecule has 0 aromatic carbocycles. The lowest BCUT2D eigenvalue weighted by Crippen LogP contribution is -2.35. The summed E-state index contributed by atoms with van der Waals surface area (Å²) in [5.74, 6) is -1.34. The molecule has 0 aromatic rings. The van der Waals surface area contributed by atoms with Crippen LogP contribution in [0.25, 0.3) is 0 Å². The van der Waals surface area contributed by atoms with Crippen molar-refractivity contribution in [3.63, 3.8) is 0 Å². The largest absolute Gasteiger partial charge is 0.547 e. The van der Waals surface area contributed by atoms with Gasteiger partial charge in [0.1, 0.15) is 0 Å². The van der Waals surface area contributed by atoms with Gasteiger partial charge in [0.15, 0.2) is 0 Å². The molecule has 0 radical (unpaired) electrons. The van der Waals surface area contributed by atoms with Gasteiger partial charge in [-0.2, -0.15) is 0 Å². The molecule has 1 atom stereocenters. The third kappa shape index (κ3) is 15.8. The van der Waals surface area contributed by atoms with Crippen molar-refractivity contribution in [2.75, 3.05) is 0 Å². The summed E-state index contributed by atoms with van der Waals surface area (Å²) in [6.07, 6.45) is 18.4. The van der Waals surface area contributed by atoms with Crippen LogP contribution in [0.4, 0.5) is 0 Å². The van der Waals surface area contributed by atoms with Crippen molar-refractivity contribution in [3.05, 3.63) is 0 Å². The van der Waals surface area contributed by atoms with Gasteiger partial charge in [-0.15, -0.1) is 0 Å². The Labute approximate surface area is 137 Å². The maximum Gasteiger partial charge on any atom is 0.0933 e. The van der Waals surface area contributed by atoms with Gasteiger partial charge in [0.05, 0.1) is 12.1 Å². The summed E-state index contributed by atoms with van der Waals surface area (Å²) in [7, 11) is 0. The lowest BCUT2D eigenvalue weighted by molar-refractivity contribution is -0.315. The fourth-order valence-electron chi connectivity index (χ4n) is 2.83. The van der Waals surface area contributed by atoms with E-state index in [1.807, 2.05) is 0 Å². The molecule has 3 nitrogen and oxygen atoms in total. The van der Waals surface area contributed by atoms with Crippen molar-refractivity contribution < 1.29 is 15.0 Å². The fourth-order valence-corrected chi connectivity index (χ4v) is 2.83. The Balaban J connectivity index is 3.04. The van der Waals surface area contributed by atoms with Gasteiger partial charge in [0.25, 0.3) is 0 Å². The Morgan fingerprint density at radius 1 is 0.727 bits per heavy atom. The Bertz CT molecular complexity index is 241. The first-order valence-electron chi connectivity index (χ1n) is 9.57. The smallest absolute Gasteiger partial charge is 0.0933 e. The quantitative estimate of drug-likeness (QED) is 0.406. The van der Waals surface area contributed by atoms with E-state index >= 15 is 0 Å². The molecule has 0 spiro atoms. The molecule has 1 N–H and O–H groups in total. The number of rotatable bonds is 17. The lowest BCUT2D eigenvalue weighted by Gasteiger charge is -2.10. The molecule has 0 aliphatic heterocycles. The Morgan fingerprint density at radius 3 is 1.36 bits per heavy atom. The molecule has 0 saturated carbocycles. The van der Waals surface area contributed by atoms with Crippen LogP contribution in [0.3, 0.4) is 0 Å². The number of aliphatic hydroxyl groups is 1. The van der Waals surface area contributed by atoms with Gasteiger partial charge in [-0.25, -0.2) is 0 Å². The molecule has 0 fully saturated rings. The van der Waals surface area contributed by atoms with Crippen LogP contribution in [0.15, 0.2) is 0 Å². The minimum atomic E-state index is -1.34. The number of carbonyl (C=O) groups excluding carboxylic acids is 1. The van der Waals surface area contributed by atoms with Gasteiger partial charge in [-0.1, -0.05) is 103 Å². The van der Waals surface area contributed by atoms with Gasteiger partial charge in [0.2, 0.25) is 0 Å². The highest BCUT2D eigenvalue weighted by molar-refractivity contribution is 5.69. The molecule has 132 valence electrons. The number of carbonyl (C=O) groups is 1. The summed E-state index contributed by atoms with van der Waals surface area (Å²) >= 11 is 0. The van der Waals surface area contributed by atoms with Crippen LogP contribution in [0.2, 0.25) is 0 Å². The van der Waals surface area contributed by atoms with E-state index in [1.165, 1.54) is 77.0 Å². The van der Waals surface area contributed by atoms with Crippen molar-refractivity contribution in [2.24, 2.45) is 0 Å². The molecule has 1 unspecified atom stereocenters. The normalized spacial score (nSPS) is 12.5. The third-order valence-electron chi connectivity index (χ3n) is 4.35. The summed E-state index contributed by atoms with van der Waals surface area (Å²) in [5, 5.41) is 19.4. The lowest BCUT2D eigenvalue weighted by atomic mass is 10.0. The highest BCUT2D eigenvalue weighted by Crippen LogP contribution is 2.13. The van der Waals surface area contributed by atoms with Crippen molar-refractivity contribution in [1.82, 2.24) is 0 Å². The van der Waals surface area contributed by atoms with E-state index in [9.17, 15) is 9.90 Å². The third-order valence-corrected chi connectivity index (χ3v) is 4.35. The molecule has 0 bridgehead atoms. The molecule has 0 saturated heterocycles. The van der Waals surface area contributed by atoms with E-state index in [0.29, 0.717) is 6.42 Å². The molecule has 0 aliphatic rings. The number of hydrogen-bond donors (Lipinski definition) is 1. The first-order valence-corrected chi connectivity index (χ1v) is 9.57. The fraction of sp³-hybridized carbons (Fsp3) is 0.947. The van der Waals surface area contributed by atoms with E-state index in [2.05, 4.69) is 6.92 Å². The maximum atomic E-state index is 10.3. The summed E-state index contributed by atoms with van der Waals surface area (Å²) in [6, 6.07) is 0. The van der Waals surface area contributed by atoms with Crippen LogP contribution in [-0.2, 0) is 4.79 Å². The predicted molar refractivity (Wildman–Crippen MR) is 90.6 cm³/mol. The highest BCUT2D eigenvalue weighted by Gasteiger charge is 2.03. The van der Waals surface area contributed by atoms with Crippen molar-refractivity contribution >= 4 is 5.97 Å². The van der Waals surface area contributed by atoms with E-state index in [0.717, 1.165) is 19.3 Å². The number of carboxylic acids is 1. The second-order valence-electron chi connectivity index (χ2n) is 6.57. The van der Waals surface area contributed by atoms with Gasteiger partial charge in [-0.05, 0) is 6.42 Å². The number of aliphatic hydroxyl groups excluding tert-OH is 1. The van der Waals surface area contributed by atoms with Crippen LogP contribution in [0.5, 0.6) is 0 Å². The Morgan fingerprint density at radius 2 is 1.05 bits per heavy atom. The Kier molecular flexibility index (Phi) is 16.4. The zero-order valence-corrected chi connectivity index (χ0v) is 14.7. The Hall–Kier alpha value is -0.570. The van der Waals surface area contributed by atoms with E-state index < -0.39 is 12.1 Å². The van der Waals surface area contributed by atoms with Crippen LogP contribution >= 0.6 is 0 Å². The molecule has 3 heteroatoms. The average Bonchev–Trinajstić information content (AvgIpc) is 2.50. The van der Waals surface area contributed by atoms with Gasteiger partial charge in [0, 0.05) is 0 Å². The van der Waals surface area contributed by atoms with Crippen LogP contribution < -0.4 is 5.11 Å². The molecule has 0 aromatic heterocycles. The number of unbranched alkanes of at least 4 members (excludes halogenated alkanes) is 14. The van der Waals surface area contributed by atoms with Gasteiger partial charge in [-0.3, -0.25) is 0 Å². The molecule has 0 heterocycles. The van der Waals surface area contributed by atoms with Crippen LogP contribution in [0.1, 0.15) is 110 Å². The molecule has 0 amide bonds. The minimum absolute atomic E-state index is 0.334. The van der Waals surface area contributed by atoms with Crippen LogP contribution in [0, 0.1) is 0 Å². The van der Waals surface area contributed by atoms with Crippen LogP contribution in [-0.4, -0.2) is 17.2 Å². The number of aliphatic carboxylic acids is 1. The number of carboxylic acid groups (broad SMARTS) is 1. The topological polar surface area (TPSA) is 60.4 Å². The monoisotopic (exact) mass is 313 g/mol. The predicted octanol–water partition coefficient (Wildman–Crippen LogP) is 4.36. The van der Waals surface area contributed by atoms with E-state index in [4.69, 9.17) is 5.11 Å². The summed E-state index contributed by atoms with van der Waals surface area (Å²) in [4.78, 5) is 10.3. The zero-order valence-electron chi connectivity index (χ0n) is 14.7. The second-order valence-corrected chi connectivity index (χ2v) is 6.57. The summed E-state index contributed by atoms with van der Waals surface area (Å²) in [6.45, 7) is 2.26. The minimum Gasteiger partial charge on any atom is -0.547 e. The molecule has 0 aliphatic carbocycles. The van der Waals surface area contributed by atoms with Crippen molar-refractivity contribution in [3.8, 4) is 0 Å². The average molecular weight is 314 g/mol. The number of hydrogen-bond acceptors (Lipinski definition) is 3. The summed E-state index contributed by atoms with van der Waals surface area (Å²) < 4.78 is 0. The molecular formula is C19H37O3-. The van der Waals surface area contributed by atoms with Crippen molar-refractivity contribution in [1.29, 1.82) is 0 Å². The highest BCUT2D eigenvalue weighted by atomic mass is 16.4. The summed E-state index contributed by atoms with van der Waals surface area (Å²) in [5.41, 5.74) is 0. The zero-order chi connectivity index (χ0) is 16.5. The molecule has 0 rings (SSSR count). The first-order chi connectivity index (χ1) is 10.7.